The average molecular weight is 352 g/mol. The van der Waals surface area contributed by atoms with Crippen molar-refractivity contribution in [3.8, 4) is 0 Å². The lowest BCUT2D eigenvalue weighted by molar-refractivity contribution is -0.139. The number of hydrogen-bond acceptors (Lipinski definition) is 3. The zero-order chi connectivity index (χ0) is 18.9. The fourth-order valence-electron chi connectivity index (χ4n) is 2.31. The average Bonchev–Trinajstić information content (AvgIpc) is 2.61. The molecule has 0 aliphatic heterocycles. The lowest BCUT2D eigenvalue weighted by Crippen LogP contribution is -2.40. The zero-order valence-corrected chi connectivity index (χ0v) is 14.3. The molecule has 0 heterocycles. The molecule has 2 aromatic carbocycles. The molecule has 26 heavy (non-hydrogen) atoms. The predicted molar refractivity (Wildman–Crippen MR) is 99.7 cm³/mol. The summed E-state index contributed by atoms with van der Waals surface area (Å²) in [6.45, 7) is 1.37. The fraction of sp³-hybridized carbons (Fsp3) is 0.150. The predicted octanol–water partition coefficient (Wildman–Crippen LogP) is 2.93. The number of nitrogens with one attached hydrogen (secondary N) is 2. The van der Waals surface area contributed by atoms with E-state index in [2.05, 4.69) is 10.6 Å². The van der Waals surface area contributed by atoms with Gasteiger partial charge < -0.3 is 15.7 Å². The van der Waals surface area contributed by atoms with Crippen molar-refractivity contribution in [1.29, 1.82) is 0 Å². The van der Waals surface area contributed by atoms with E-state index in [0.29, 0.717) is 5.69 Å². The van der Waals surface area contributed by atoms with E-state index in [9.17, 15) is 19.5 Å². The van der Waals surface area contributed by atoms with E-state index < -0.39 is 17.9 Å². The minimum atomic E-state index is -1.12. The van der Waals surface area contributed by atoms with E-state index in [1.165, 1.54) is 13.0 Å². The Bertz CT molecular complexity index is 816. The highest BCUT2D eigenvalue weighted by atomic mass is 16.4. The molecule has 0 radical (unpaired) electrons. The van der Waals surface area contributed by atoms with Gasteiger partial charge in [0.1, 0.15) is 6.04 Å². The van der Waals surface area contributed by atoms with Crippen LogP contribution in [0.3, 0.4) is 0 Å². The van der Waals surface area contributed by atoms with Gasteiger partial charge in [0.15, 0.2) is 0 Å². The van der Waals surface area contributed by atoms with Crippen LogP contribution in [-0.4, -0.2) is 28.9 Å². The lowest BCUT2D eigenvalue weighted by atomic mass is 10.1. The zero-order valence-electron chi connectivity index (χ0n) is 14.3. The largest absolute Gasteiger partial charge is 0.480 e. The highest BCUT2D eigenvalue weighted by Gasteiger charge is 2.19. The first-order valence-electron chi connectivity index (χ1n) is 8.08. The van der Waals surface area contributed by atoms with Crippen LogP contribution in [0.4, 0.5) is 5.69 Å². The minimum absolute atomic E-state index is 0.154. The van der Waals surface area contributed by atoms with Gasteiger partial charge in [0.2, 0.25) is 5.91 Å². The first-order chi connectivity index (χ1) is 12.5. The second-order valence-electron chi connectivity index (χ2n) is 5.68. The summed E-state index contributed by atoms with van der Waals surface area (Å²) in [7, 11) is 0. The van der Waals surface area contributed by atoms with Crippen molar-refractivity contribution in [2.75, 3.05) is 5.32 Å². The standard InChI is InChI=1S/C20H20N2O4/c1-14(23)21-17-11-6-10-16(13-17)19(24)22-18(20(25)26)12-5-9-15-7-3-2-4-8-15/h2-11,13,18H,12H2,1H3,(H,21,23)(H,22,24)(H,25,26)/b9-5+/t18-/m0/s1. The monoisotopic (exact) mass is 352 g/mol. The summed E-state index contributed by atoms with van der Waals surface area (Å²) in [5, 5.41) is 14.4. The van der Waals surface area contributed by atoms with Gasteiger partial charge in [-0.05, 0) is 30.2 Å². The smallest absolute Gasteiger partial charge is 0.326 e. The minimum Gasteiger partial charge on any atom is -0.480 e. The summed E-state index contributed by atoms with van der Waals surface area (Å²) >= 11 is 0. The van der Waals surface area contributed by atoms with Crippen molar-refractivity contribution in [2.24, 2.45) is 0 Å². The van der Waals surface area contributed by atoms with Crippen LogP contribution in [-0.2, 0) is 9.59 Å². The Morgan fingerprint density at radius 2 is 1.81 bits per heavy atom. The molecule has 134 valence electrons. The van der Waals surface area contributed by atoms with E-state index in [0.717, 1.165) is 5.56 Å². The van der Waals surface area contributed by atoms with Crippen LogP contribution in [0.5, 0.6) is 0 Å². The third kappa shape index (κ3) is 5.90. The summed E-state index contributed by atoms with van der Waals surface area (Å²) in [6.07, 6.45) is 3.67. The third-order valence-electron chi connectivity index (χ3n) is 3.53. The number of carbonyl (C=O) groups is 3. The summed E-state index contributed by atoms with van der Waals surface area (Å²) in [6, 6.07) is 14.7. The van der Waals surface area contributed by atoms with Crippen molar-refractivity contribution in [1.82, 2.24) is 5.32 Å². The van der Waals surface area contributed by atoms with Crippen LogP contribution < -0.4 is 10.6 Å². The molecular formula is C20H20N2O4. The number of rotatable bonds is 7. The normalized spacial score (nSPS) is 11.7. The van der Waals surface area contributed by atoms with Gasteiger partial charge in [0, 0.05) is 18.2 Å². The van der Waals surface area contributed by atoms with Crippen molar-refractivity contribution < 1.29 is 19.5 Å². The molecule has 3 N–H and O–H groups in total. The van der Waals surface area contributed by atoms with E-state index in [-0.39, 0.29) is 17.9 Å². The Morgan fingerprint density at radius 1 is 1.08 bits per heavy atom. The molecule has 0 fully saturated rings. The molecule has 0 spiro atoms. The molecule has 0 saturated heterocycles. The number of aliphatic carboxylic acids is 1. The van der Waals surface area contributed by atoms with Crippen LogP contribution in [0.15, 0.2) is 60.7 Å². The summed E-state index contributed by atoms with van der Waals surface area (Å²) in [5.41, 5.74) is 1.70. The quantitative estimate of drug-likeness (QED) is 0.714. The number of carboxylic acid groups (broad SMARTS) is 1. The highest BCUT2D eigenvalue weighted by Crippen LogP contribution is 2.11. The molecule has 6 nitrogen and oxygen atoms in total. The SMILES string of the molecule is CC(=O)Nc1cccc(C(=O)N[C@@H](C/C=C/c2ccccc2)C(=O)O)c1. The molecule has 0 aromatic heterocycles. The van der Waals surface area contributed by atoms with Gasteiger partial charge in [0.05, 0.1) is 0 Å². The maximum atomic E-state index is 12.3. The lowest BCUT2D eigenvalue weighted by Gasteiger charge is -2.13. The Balaban J connectivity index is 2.02. The van der Waals surface area contributed by atoms with Crippen LogP contribution >= 0.6 is 0 Å². The molecule has 2 rings (SSSR count). The van der Waals surface area contributed by atoms with Crippen molar-refractivity contribution in [3.63, 3.8) is 0 Å². The maximum absolute atomic E-state index is 12.3. The fourth-order valence-corrected chi connectivity index (χ4v) is 2.31. The van der Waals surface area contributed by atoms with Gasteiger partial charge >= 0.3 is 5.97 Å². The molecule has 1 atom stereocenters. The van der Waals surface area contributed by atoms with Gasteiger partial charge in [-0.25, -0.2) is 4.79 Å². The maximum Gasteiger partial charge on any atom is 0.326 e. The summed E-state index contributed by atoms with van der Waals surface area (Å²) in [5.74, 6) is -1.89. The molecule has 6 heteroatoms. The van der Waals surface area contributed by atoms with Gasteiger partial charge in [-0.1, -0.05) is 48.6 Å². The van der Waals surface area contributed by atoms with Crippen molar-refractivity contribution in [2.45, 2.75) is 19.4 Å². The Morgan fingerprint density at radius 3 is 2.46 bits per heavy atom. The molecule has 2 amide bonds. The number of amides is 2. The molecule has 0 bridgehead atoms. The Hall–Kier alpha value is -3.41. The summed E-state index contributed by atoms with van der Waals surface area (Å²) < 4.78 is 0. The van der Waals surface area contributed by atoms with E-state index in [4.69, 9.17) is 0 Å². The Labute approximate surface area is 151 Å². The summed E-state index contributed by atoms with van der Waals surface area (Å²) in [4.78, 5) is 34.8. The molecule has 2 aromatic rings. The van der Waals surface area contributed by atoms with Crippen LogP contribution in [0, 0.1) is 0 Å². The van der Waals surface area contributed by atoms with Crippen LogP contribution in [0.2, 0.25) is 0 Å². The number of carboxylic acids is 1. The van der Waals surface area contributed by atoms with E-state index in [1.54, 1.807) is 30.4 Å². The number of anilines is 1. The van der Waals surface area contributed by atoms with Gasteiger partial charge in [-0.15, -0.1) is 0 Å². The highest BCUT2D eigenvalue weighted by molar-refractivity contribution is 5.98. The molecular weight excluding hydrogens is 332 g/mol. The van der Waals surface area contributed by atoms with Crippen molar-refractivity contribution >= 4 is 29.5 Å². The van der Waals surface area contributed by atoms with E-state index in [1.807, 2.05) is 30.3 Å². The van der Waals surface area contributed by atoms with Crippen LogP contribution in [0.25, 0.3) is 6.08 Å². The van der Waals surface area contributed by atoms with Gasteiger partial charge in [-0.3, -0.25) is 9.59 Å². The molecule has 0 aliphatic rings. The number of hydrogen-bond donors (Lipinski definition) is 3. The first kappa shape index (κ1) is 18.9. The second kappa shape index (κ2) is 9.17. The van der Waals surface area contributed by atoms with E-state index >= 15 is 0 Å². The third-order valence-corrected chi connectivity index (χ3v) is 3.53. The first-order valence-corrected chi connectivity index (χ1v) is 8.08. The Kier molecular flexibility index (Phi) is 6.68. The van der Waals surface area contributed by atoms with Gasteiger partial charge in [-0.2, -0.15) is 0 Å². The van der Waals surface area contributed by atoms with Crippen LogP contribution in [0.1, 0.15) is 29.3 Å². The molecule has 0 saturated carbocycles. The molecule has 0 aliphatic carbocycles. The topological polar surface area (TPSA) is 95.5 Å². The van der Waals surface area contributed by atoms with Gasteiger partial charge in [0.25, 0.3) is 5.91 Å². The van der Waals surface area contributed by atoms with Crippen molar-refractivity contribution in [3.05, 3.63) is 71.8 Å². The number of benzene rings is 2. The molecule has 0 unspecified atom stereocenters. The number of carbonyl (C=O) groups excluding carboxylic acids is 2. The second-order valence-corrected chi connectivity index (χ2v) is 5.68.